The molecule has 0 aliphatic carbocycles. The standard InChI is InChI=1S/C19H29N3O5/c1-21(2)7-6-8-22-12-13(9-17(22)23)19(24)20-14-10-15(25-3)18(27-5)16(11-14)26-4/h10-11,13H,6-9,12H2,1-5H3,(H,20,24). The van der Waals surface area contributed by atoms with Crippen LogP contribution >= 0.6 is 0 Å². The summed E-state index contributed by atoms with van der Waals surface area (Å²) in [4.78, 5) is 28.7. The molecule has 0 aromatic heterocycles. The van der Waals surface area contributed by atoms with Gasteiger partial charge in [0, 0.05) is 37.3 Å². The second-order valence-corrected chi connectivity index (χ2v) is 6.80. The van der Waals surface area contributed by atoms with E-state index < -0.39 is 0 Å². The minimum Gasteiger partial charge on any atom is -0.493 e. The molecule has 150 valence electrons. The number of rotatable bonds is 9. The Balaban J connectivity index is 2.02. The third-order valence-corrected chi connectivity index (χ3v) is 4.55. The predicted octanol–water partition coefficient (Wildman–Crippen LogP) is 1.45. The molecule has 1 aromatic carbocycles. The van der Waals surface area contributed by atoms with Gasteiger partial charge < -0.3 is 29.3 Å². The second kappa shape index (κ2) is 9.45. The van der Waals surface area contributed by atoms with Crippen molar-refractivity contribution < 1.29 is 23.8 Å². The van der Waals surface area contributed by atoms with Gasteiger partial charge in [0.25, 0.3) is 0 Å². The van der Waals surface area contributed by atoms with E-state index in [1.54, 1.807) is 17.0 Å². The van der Waals surface area contributed by atoms with Crippen molar-refractivity contribution in [2.24, 2.45) is 5.92 Å². The normalized spacial score (nSPS) is 16.6. The van der Waals surface area contributed by atoms with Crippen LogP contribution in [0.5, 0.6) is 17.2 Å². The van der Waals surface area contributed by atoms with Crippen LogP contribution in [0.3, 0.4) is 0 Å². The van der Waals surface area contributed by atoms with Crippen LogP contribution in [0.2, 0.25) is 0 Å². The molecule has 8 heteroatoms. The van der Waals surface area contributed by atoms with Gasteiger partial charge in [0.2, 0.25) is 17.6 Å². The first-order valence-electron chi connectivity index (χ1n) is 8.93. The number of carbonyl (C=O) groups is 2. The summed E-state index contributed by atoms with van der Waals surface area (Å²) < 4.78 is 15.9. The van der Waals surface area contributed by atoms with Crippen LogP contribution in [0.4, 0.5) is 5.69 Å². The molecule has 2 amide bonds. The number of anilines is 1. The van der Waals surface area contributed by atoms with Gasteiger partial charge in [0.15, 0.2) is 11.5 Å². The quantitative estimate of drug-likeness (QED) is 0.700. The van der Waals surface area contributed by atoms with Gasteiger partial charge in [0.05, 0.1) is 27.2 Å². The number of hydrogen-bond acceptors (Lipinski definition) is 6. The van der Waals surface area contributed by atoms with Gasteiger partial charge in [-0.3, -0.25) is 9.59 Å². The average molecular weight is 379 g/mol. The molecule has 0 radical (unpaired) electrons. The topological polar surface area (TPSA) is 80.3 Å². The Morgan fingerprint density at radius 2 is 1.81 bits per heavy atom. The summed E-state index contributed by atoms with van der Waals surface area (Å²) in [6.45, 7) is 2.03. The number of methoxy groups -OCH3 is 3. The van der Waals surface area contributed by atoms with Crippen molar-refractivity contribution in [3.63, 3.8) is 0 Å². The maximum Gasteiger partial charge on any atom is 0.229 e. The summed E-state index contributed by atoms with van der Waals surface area (Å²) in [5, 5.41) is 2.86. The summed E-state index contributed by atoms with van der Waals surface area (Å²) in [6.07, 6.45) is 1.12. The van der Waals surface area contributed by atoms with Crippen LogP contribution in [0, 0.1) is 5.92 Å². The molecule has 27 heavy (non-hydrogen) atoms. The van der Waals surface area contributed by atoms with Crippen LogP contribution in [-0.2, 0) is 9.59 Å². The van der Waals surface area contributed by atoms with E-state index in [0.29, 0.717) is 36.0 Å². The van der Waals surface area contributed by atoms with Crippen molar-refractivity contribution in [3.05, 3.63) is 12.1 Å². The van der Waals surface area contributed by atoms with Gasteiger partial charge in [-0.1, -0.05) is 0 Å². The molecule has 1 N–H and O–H groups in total. The molecule has 1 saturated heterocycles. The van der Waals surface area contributed by atoms with Crippen molar-refractivity contribution in [2.45, 2.75) is 12.8 Å². The summed E-state index contributed by atoms with van der Waals surface area (Å²) in [5.74, 6) is 0.850. The highest BCUT2D eigenvalue weighted by Crippen LogP contribution is 2.40. The number of likely N-dealkylation sites (tertiary alicyclic amines) is 1. The number of nitrogens with one attached hydrogen (secondary N) is 1. The Morgan fingerprint density at radius 1 is 1.19 bits per heavy atom. The summed E-state index contributed by atoms with van der Waals surface area (Å²) in [5.41, 5.74) is 0.535. The van der Waals surface area contributed by atoms with E-state index in [4.69, 9.17) is 14.2 Å². The molecule has 1 atom stereocenters. The second-order valence-electron chi connectivity index (χ2n) is 6.80. The number of hydrogen-bond donors (Lipinski definition) is 1. The summed E-state index contributed by atoms with van der Waals surface area (Å²) >= 11 is 0. The molecular weight excluding hydrogens is 350 g/mol. The number of benzene rings is 1. The number of amides is 2. The van der Waals surface area contributed by atoms with E-state index in [2.05, 4.69) is 10.2 Å². The molecule has 1 unspecified atom stereocenters. The van der Waals surface area contributed by atoms with E-state index in [0.717, 1.165) is 13.0 Å². The largest absolute Gasteiger partial charge is 0.493 e. The van der Waals surface area contributed by atoms with Gasteiger partial charge in [-0.2, -0.15) is 0 Å². The van der Waals surface area contributed by atoms with Gasteiger partial charge in [-0.25, -0.2) is 0 Å². The maximum atomic E-state index is 12.6. The van der Waals surface area contributed by atoms with Gasteiger partial charge in [-0.05, 0) is 27.1 Å². The first-order chi connectivity index (χ1) is 12.9. The number of ether oxygens (including phenoxy) is 3. The lowest BCUT2D eigenvalue weighted by molar-refractivity contribution is -0.128. The maximum absolute atomic E-state index is 12.6. The molecular formula is C19H29N3O5. The van der Waals surface area contributed by atoms with Crippen LogP contribution < -0.4 is 19.5 Å². The van der Waals surface area contributed by atoms with Crippen LogP contribution in [0.15, 0.2) is 12.1 Å². The summed E-state index contributed by atoms with van der Waals surface area (Å²) in [6, 6.07) is 3.34. The Hall–Kier alpha value is -2.48. The van der Waals surface area contributed by atoms with Gasteiger partial charge in [0.1, 0.15) is 0 Å². The lowest BCUT2D eigenvalue weighted by Crippen LogP contribution is -2.30. The molecule has 0 saturated carbocycles. The fourth-order valence-corrected chi connectivity index (χ4v) is 3.14. The van der Waals surface area contributed by atoms with E-state index in [1.165, 1.54) is 21.3 Å². The zero-order valence-electron chi connectivity index (χ0n) is 16.7. The zero-order valence-corrected chi connectivity index (χ0v) is 16.7. The van der Waals surface area contributed by atoms with Crippen LogP contribution in [-0.4, -0.2) is 76.7 Å². The van der Waals surface area contributed by atoms with Gasteiger partial charge in [-0.15, -0.1) is 0 Å². The molecule has 0 spiro atoms. The van der Waals surface area contributed by atoms with E-state index in [9.17, 15) is 9.59 Å². The molecule has 0 bridgehead atoms. The Labute approximate surface area is 160 Å². The van der Waals surface area contributed by atoms with Crippen LogP contribution in [0.1, 0.15) is 12.8 Å². The third kappa shape index (κ3) is 5.26. The fourth-order valence-electron chi connectivity index (χ4n) is 3.14. The monoisotopic (exact) mass is 379 g/mol. The first-order valence-corrected chi connectivity index (χ1v) is 8.93. The molecule has 1 fully saturated rings. The van der Waals surface area contributed by atoms with Crippen molar-refractivity contribution in [2.75, 3.05) is 60.4 Å². The fraction of sp³-hybridized carbons (Fsp3) is 0.579. The van der Waals surface area contributed by atoms with Crippen molar-refractivity contribution in [1.82, 2.24) is 9.80 Å². The first kappa shape index (κ1) is 20.8. The Kier molecular flexibility index (Phi) is 7.29. The Morgan fingerprint density at radius 3 is 2.33 bits per heavy atom. The van der Waals surface area contributed by atoms with E-state index in [1.807, 2.05) is 14.1 Å². The SMILES string of the molecule is COc1cc(NC(=O)C2CC(=O)N(CCCN(C)C)C2)cc(OC)c1OC. The highest BCUT2D eigenvalue weighted by Gasteiger charge is 2.34. The minimum absolute atomic E-state index is 0.0267. The van der Waals surface area contributed by atoms with E-state index >= 15 is 0 Å². The highest BCUT2D eigenvalue weighted by atomic mass is 16.5. The average Bonchev–Trinajstić information content (AvgIpc) is 3.01. The molecule has 8 nitrogen and oxygen atoms in total. The summed E-state index contributed by atoms with van der Waals surface area (Å²) in [7, 11) is 8.56. The molecule has 1 aliphatic rings. The van der Waals surface area contributed by atoms with E-state index in [-0.39, 0.29) is 24.2 Å². The predicted molar refractivity (Wildman–Crippen MR) is 103 cm³/mol. The molecule has 2 rings (SSSR count). The number of nitrogens with zero attached hydrogens (tertiary/aromatic N) is 2. The third-order valence-electron chi connectivity index (χ3n) is 4.55. The smallest absolute Gasteiger partial charge is 0.229 e. The highest BCUT2D eigenvalue weighted by molar-refractivity contribution is 5.97. The van der Waals surface area contributed by atoms with Crippen molar-refractivity contribution in [3.8, 4) is 17.2 Å². The van der Waals surface area contributed by atoms with Gasteiger partial charge >= 0.3 is 0 Å². The molecule has 1 heterocycles. The van der Waals surface area contributed by atoms with Crippen LogP contribution in [0.25, 0.3) is 0 Å². The zero-order chi connectivity index (χ0) is 20.0. The minimum atomic E-state index is -0.365. The molecule has 1 aliphatic heterocycles. The van der Waals surface area contributed by atoms with Crippen molar-refractivity contribution >= 4 is 17.5 Å². The van der Waals surface area contributed by atoms with Crippen molar-refractivity contribution in [1.29, 1.82) is 0 Å². The number of carbonyl (C=O) groups excluding carboxylic acids is 2. The lowest BCUT2D eigenvalue weighted by Gasteiger charge is -2.18. The Bertz CT molecular complexity index is 652. The lowest BCUT2D eigenvalue weighted by atomic mass is 10.1. The molecule has 1 aromatic rings.